The van der Waals surface area contributed by atoms with E-state index in [4.69, 9.17) is 4.74 Å². The fourth-order valence-electron chi connectivity index (χ4n) is 4.48. The second-order valence-electron chi connectivity index (χ2n) is 9.19. The number of piperidine rings is 1. The summed E-state index contributed by atoms with van der Waals surface area (Å²) in [7, 11) is -4.33. The summed E-state index contributed by atoms with van der Waals surface area (Å²) in [6.45, 7) is 2.40. The molecule has 2 aromatic carbocycles. The third-order valence-corrected chi connectivity index (χ3v) is 10.6. The molecule has 0 bridgehead atoms. The predicted molar refractivity (Wildman–Crippen MR) is 136 cm³/mol. The number of rotatable bonds is 7. The van der Waals surface area contributed by atoms with Gasteiger partial charge in [0.2, 0.25) is 26.0 Å². The van der Waals surface area contributed by atoms with Crippen molar-refractivity contribution in [3.05, 3.63) is 48.3 Å². The van der Waals surface area contributed by atoms with Crippen LogP contribution in [0.5, 0.6) is 5.75 Å². The van der Waals surface area contributed by atoms with Crippen LogP contribution in [-0.2, 0) is 24.8 Å². The molecule has 2 fully saturated rings. The van der Waals surface area contributed by atoms with Crippen LogP contribution in [0.25, 0.3) is 0 Å². The third-order valence-electron chi connectivity index (χ3n) is 6.79. The first-order valence-corrected chi connectivity index (χ1v) is 14.8. The number of hydrogen-bond donors (Lipinski definition) is 1. The minimum absolute atomic E-state index is 0.0550. The third kappa shape index (κ3) is 5.96. The zero-order chi connectivity index (χ0) is 26.8. The number of benzene rings is 2. The van der Waals surface area contributed by atoms with Crippen molar-refractivity contribution < 1.29 is 30.8 Å². The van der Waals surface area contributed by atoms with Crippen molar-refractivity contribution in [1.82, 2.24) is 13.5 Å². The van der Waals surface area contributed by atoms with Crippen LogP contribution in [0.15, 0.2) is 52.3 Å². The molecule has 202 valence electrons. The van der Waals surface area contributed by atoms with Crippen LogP contribution < -0.4 is 10.1 Å². The summed E-state index contributed by atoms with van der Waals surface area (Å²) in [5, 5.41) is 2.80. The van der Waals surface area contributed by atoms with Crippen molar-refractivity contribution in [3.63, 3.8) is 0 Å². The number of piperazine rings is 1. The van der Waals surface area contributed by atoms with Gasteiger partial charge in [0.25, 0.3) is 0 Å². The molecule has 0 spiro atoms. The number of nitrogens with one attached hydrogen (secondary N) is 1. The van der Waals surface area contributed by atoms with Gasteiger partial charge in [0.15, 0.2) is 0 Å². The highest BCUT2D eigenvalue weighted by Crippen LogP contribution is 2.31. The lowest BCUT2D eigenvalue weighted by molar-refractivity contribution is -0.120. The van der Waals surface area contributed by atoms with E-state index in [0.717, 1.165) is 12.1 Å². The number of likely N-dealkylation sites (N-methyl/N-ethyl adjacent to an activating group) is 1. The van der Waals surface area contributed by atoms with Crippen LogP contribution in [0.3, 0.4) is 0 Å². The molecule has 37 heavy (non-hydrogen) atoms. The molecule has 0 aromatic heterocycles. The van der Waals surface area contributed by atoms with Gasteiger partial charge in [0.05, 0.1) is 12.0 Å². The lowest BCUT2D eigenvalue weighted by atomic mass is 9.97. The number of amides is 1. The first kappa shape index (κ1) is 27.5. The molecule has 2 aliphatic rings. The van der Waals surface area contributed by atoms with Gasteiger partial charge < -0.3 is 15.0 Å². The van der Waals surface area contributed by atoms with Gasteiger partial charge in [-0.2, -0.15) is 8.61 Å². The topological polar surface area (TPSA) is 116 Å². The average molecular weight is 555 g/mol. The molecule has 13 heteroatoms. The van der Waals surface area contributed by atoms with Gasteiger partial charge in [-0.15, -0.1) is 0 Å². The number of carbonyl (C=O) groups excluding carboxylic acids is 1. The summed E-state index contributed by atoms with van der Waals surface area (Å²) in [4.78, 5) is 14.8. The highest BCUT2D eigenvalue weighted by atomic mass is 32.2. The number of ether oxygens (including phenoxy) is 1. The Balaban J connectivity index is 1.36. The summed E-state index contributed by atoms with van der Waals surface area (Å²) in [5.74, 6) is -1.32. The maximum Gasteiger partial charge on any atom is 0.246 e. The van der Waals surface area contributed by atoms with Crippen LogP contribution in [0.4, 0.5) is 10.1 Å². The second kappa shape index (κ2) is 11.0. The number of anilines is 1. The molecule has 4 rings (SSSR count). The second-order valence-corrected chi connectivity index (χ2v) is 13.0. The Kier molecular flexibility index (Phi) is 8.19. The Bertz CT molecular complexity index is 1340. The highest BCUT2D eigenvalue weighted by molar-refractivity contribution is 7.89. The highest BCUT2D eigenvalue weighted by Gasteiger charge is 2.34. The van der Waals surface area contributed by atoms with Crippen LogP contribution in [0.2, 0.25) is 0 Å². The number of nitrogens with zero attached hydrogens (tertiary/aromatic N) is 3. The number of methoxy groups -OCH3 is 1. The van der Waals surface area contributed by atoms with Crippen LogP contribution >= 0.6 is 0 Å². The predicted octanol–water partition coefficient (Wildman–Crippen LogP) is 1.81. The molecule has 0 saturated carbocycles. The molecule has 2 heterocycles. The first-order valence-electron chi connectivity index (χ1n) is 12.0. The summed E-state index contributed by atoms with van der Waals surface area (Å²) in [6.07, 6.45) is 0.580. The van der Waals surface area contributed by atoms with Crippen LogP contribution in [0, 0.1) is 11.7 Å². The van der Waals surface area contributed by atoms with Gasteiger partial charge in [-0.1, -0.05) is 0 Å². The van der Waals surface area contributed by atoms with Crippen molar-refractivity contribution in [2.24, 2.45) is 5.92 Å². The van der Waals surface area contributed by atoms with E-state index >= 15 is 0 Å². The zero-order valence-corrected chi connectivity index (χ0v) is 22.4. The Labute approximate surface area is 217 Å². The van der Waals surface area contributed by atoms with Crippen molar-refractivity contribution in [3.8, 4) is 5.75 Å². The maximum atomic E-state index is 13.7. The Morgan fingerprint density at radius 3 is 2.08 bits per heavy atom. The van der Waals surface area contributed by atoms with Crippen molar-refractivity contribution in [2.45, 2.75) is 22.6 Å². The largest absolute Gasteiger partial charge is 0.495 e. The number of sulfonamides is 2. The molecule has 2 saturated heterocycles. The normalized spacial score (nSPS) is 19.0. The number of carbonyl (C=O) groups is 1. The van der Waals surface area contributed by atoms with Crippen molar-refractivity contribution in [1.29, 1.82) is 0 Å². The minimum Gasteiger partial charge on any atom is -0.495 e. The number of halogens is 1. The lowest BCUT2D eigenvalue weighted by Gasteiger charge is -2.31. The van der Waals surface area contributed by atoms with E-state index in [1.165, 1.54) is 33.9 Å². The van der Waals surface area contributed by atoms with Gasteiger partial charge in [-0.3, -0.25) is 4.79 Å². The van der Waals surface area contributed by atoms with E-state index in [-0.39, 0.29) is 34.5 Å². The summed E-state index contributed by atoms with van der Waals surface area (Å²) >= 11 is 0. The molecule has 2 aromatic rings. The minimum atomic E-state index is -3.99. The monoisotopic (exact) mass is 554 g/mol. The summed E-state index contributed by atoms with van der Waals surface area (Å²) in [5.41, 5.74) is 0.460. The SMILES string of the molecule is COc1ccc(F)cc1S(=O)(=O)N1CCC(C(=O)Nc2ccc(S(=O)(=O)N3CCN(C)CC3)cc2)CC1. The molecule has 1 N–H and O–H groups in total. The molecule has 0 aliphatic carbocycles. The van der Waals surface area contributed by atoms with E-state index in [1.807, 2.05) is 7.05 Å². The van der Waals surface area contributed by atoms with Crippen LogP contribution in [-0.4, -0.2) is 89.7 Å². The van der Waals surface area contributed by atoms with Crippen LogP contribution in [0.1, 0.15) is 12.8 Å². The maximum absolute atomic E-state index is 13.7. The molecule has 10 nitrogen and oxygen atoms in total. The van der Waals surface area contributed by atoms with E-state index in [1.54, 1.807) is 12.1 Å². The molecule has 1 amide bonds. The molecule has 2 aliphatic heterocycles. The van der Waals surface area contributed by atoms with Crippen molar-refractivity contribution in [2.75, 3.05) is 58.7 Å². The lowest BCUT2D eigenvalue weighted by Crippen LogP contribution is -2.46. The van der Waals surface area contributed by atoms with E-state index in [0.29, 0.717) is 44.7 Å². The van der Waals surface area contributed by atoms with E-state index < -0.39 is 31.8 Å². The van der Waals surface area contributed by atoms with Gasteiger partial charge in [-0.05, 0) is 62.4 Å². The van der Waals surface area contributed by atoms with E-state index in [9.17, 15) is 26.0 Å². The molecular weight excluding hydrogens is 523 g/mol. The Morgan fingerprint density at radius 1 is 0.892 bits per heavy atom. The molecular formula is C24H31FN4O6S2. The Morgan fingerprint density at radius 2 is 1.49 bits per heavy atom. The molecule has 0 unspecified atom stereocenters. The first-order chi connectivity index (χ1) is 17.5. The fraction of sp³-hybridized carbons (Fsp3) is 0.458. The Hall–Kier alpha value is -2.58. The summed E-state index contributed by atoms with van der Waals surface area (Å²) < 4.78 is 73.4. The van der Waals surface area contributed by atoms with Gasteiger partial charge in [-0.25, -0.2) is 21.2 Å². The van der Waals surface area contributed by atoms with E-state index in [2.05, 4.69) is 10.2 Å². The van der Waals surface area contributed by atoms with Gasteiger partial charge in [0, 0.05) is 50.9 Å². The smallest absolute Gasteiger partial charge is 0.246 e. The quantitative estimate of drug-likeness (QED) is 0.555. The van der Waals surface area contributed by atoms with Crippen molar-refractivity contribution >= 4 is 31.6 Å². The fourth-order valence-corrected chi connectivity index (χ4v) is 7.54. The molecule has 0 atom stereocenters. The standard InChI is InChI=1S/C24H31FN4O6S2/c1-27-13-15-29(16-14-27)36(31,32)21-6-4-20(5-7-21)26-24(30)18-9-11-28(12-10-18)37(33,34)23-17-19(25)3-8-22(23)35-2/h3-8,17-18H,9-16H2,1-2H3,(H,26,30). The van der Waals surface area contributed by atoms with Gasteiger partial charge >= 0.3 is 0 Å². The van der Waals surface area contributed by atoms with Gasteiger partial charge in [0.1, 0.15) is 16.5 Å². The zero-order valence-electron chi connectivity index (χ0n) is 20.8. The molecule has 0 radical (unpaired) electrons. The summed E-state index contributed by atoms with van der Waals surface area (Å²) in [6, 6.07) is 9.39. The number of hydrogen-bond acceptors (Lipinski definition) is 7. The average Bonchev–Trinajstić information content (AvgIpc) is 2.89.